The van der Waals surface area contributed by atoms with Crippen LogP contribution in [0.15, 0.2) is 36.4 Å². The first-order valence-corrected chi connectivity index (χ1v) is 10.5. The van der Waals surface area contributed by atoms with E-state index in [2.05, 4.69) is 53.9 Å². The molecule has 0 bridgehead atoms. The van der Waals surface area contributed by atoms with Crippen LogP contribution in [0.2, 0.25) is 0 Å². The number of fused-ring (bicyclic) bond motifs is 4. The standard InChI is InChI=1S/C22H23FN4S/c1-13(2)24-22-25-18-11-15(5-7-21(18)28-22)27-9-8-20-17(12-27)16-10-14(23)4-6-19(16)26(20)3/h4-7,10-11,13H,8-9,12H2,1-3H3,(H,24,25). The molecule has 2 aromatic carbocycles. The predicted molar refractivity (Wildman–Crippen MR) is 116 cm³/mol. The maximum absolute atomic E-state index is 13.9. The summed E-state index contributed by atoms with van der Waals surface area (Å²) in [5, 5.41) is 5.38. The topological polar surface area (TPSA) is 33.1 Å². The molecule has 1 N–H and O–H groups in total. The summed E-state index contributed by atoms with van der Waals surface area (Å²) < 4.78 is 17.3. The first-order valence-electron chi connectivity index (χ1n) is 9.67. The number of hydrogen-bond donors (Lipinski definition) is 1. The lowest BCUT2D eigenvalue weighted by Crippen LogP contribution is -2.30. The van der Waals surface area contributed by atoms with E-state index in [0.29, 0.717) is 6.04 Å². The lowest BCUT2D eigenvalue weighted by atomic mass is 10.0. The molecule has 0 fully saturated rings. The summed E-state index contributed by atoms with van der Waals surface area (Å²) in [6, 6.07) is 12.0. The minimum Gasteiger partial charge on any atom is -0.367 e. The van der Waals surface area contributed by atoms with E-state index < -0.39 is 0 Å². The number of thiazole rings is 1. The van der Waals surface area contributed by atoms with Gasteiger partial charge in [0.2, 0.25) is 0 Å². The van der Waals surface area contributed by atoms with Crippen LogP contribution in [0.4, 0.5) is 15.2 Å². The highest BCUT2D eigenvalue weighted by Crippen LogP contribution is 2.35. The number of aromatic nitrogens is 2. The molecule has 0 amide bonds. The molecule has 1 aliphatic heterocycles. The Balaban J connectivity index is 1.51. The van der Waals surface area contributed by atoms with Crippen LogP contribution in [-0.2, 0) is 20.0 Å². The molecule has 0 saturated heterocycles. The Morgan fingerprint density at radius 2 is 2.04 bits per heavy atom. The SMILES string of the molecule is CC(C)Nc1nc2cc(N3CCc4c(c5cc(F)ccc5n4C)C3)ccc2s1. The van der Waals surface area contributed by atoms with Crippen molar-refractivity contribution in [1.29, 1.82) is 0 Å². The van der Waals surface area contributed by atoms with E-state index in [1.165, 1.54) is 21.6 Å². The normalized spacial score (nSPS) is 14.2. The van der Waals surface area contributed by atoms with Gasteiger partial charge in [-0.15, -0.1) is 0 Å². The van der Waals surface area contributed by atoms with Crippen LogP contribution < -0.4 is 10.2 Å². The maximum atomic E-state index is 13.9. The van der Waals surface area contributed by atoms with Crippen LogP contribution >= 0.6 is 11.3 Å². The second-order valence-corrected chi connectivity index (χ2v) is 8.82. The molecular weight excluding hydrogens is 371 g/mol. The van der Waals surface area contributed by atoms with E-state index >= 15 is 0 Å². The molecule has 0 unspecified atom stereocenters. The lowest BCUT2D eigenvalue weighted by molar-refractivity contribution is 0.629. The second kappa shape index (κ2) is 6.48. The largest absolute Gasteiger partial charge is 0.367 e. The zero-order valence-corrected chi connectivity index (χ0v) is 17.1. The quantitative estimate of drug-likeness (QED) is 0.511. The third-order valence-corrected chi connectivity index (χ3v) is 6.48. The Morgan fingerprint density at radius 1 is 1.18 bits per heavy atom. The number of rotatable bonds is 3. The lowest BCUT2D eigenvalue weighted by Gasteiger charge is -2.30. The third kappa shape index (κ3) is 2.83. The number of hydrogen-bond acceptors (Lipinski definition) is 4. The van der Waals surface area contributed by atoms with Crippen LogP contribution in [0.5, 0.6) is 0 Å². The van der Waals surface area contributed by atoms with Gasteiger partial charge in [-0.25, -0.2) is 9.37 Å². The van der Waals surface area contributed by atoms with Crippen LogP contribution in [0, 0.1) is 5.82 Å². The number of halogens is 1. The highest BCUT2D eigenvalue weighted by molar-refractivity contribution is 7.22. The highest BCUT2D eigenvalue weighted by atomic mass is 32.1. The highest BCUT2D eigenvalue weighted by Gasteiger charge is 2.23. The van der Waals surface area contributed by atoms with E-state index in [0.717, 1.165) is 41.1 Å². The Morgan fingerprint density at radius 3 is 2.86 bits per heavy atom. The monoisotopic (exact) mass is 394 g/mol. The van der Waals surface area contributed by atoms with Crippen molar-refractivity contribution in [1.82, 2.24) is 9.55 Å². The van der Waals surface area contributed by atoms with Crippen molar-refractivity contribution in [3.8, 4) is 0 Å². The Kier molecular flexibility index (Phi) is 4.05. The third-order valence-electron chi connectivity index (χ3n) is 5.51. The number of nitrogens with zero attached hydrogens (tertiary/aromatic N) is 3. The van der Waals surface area contributed by atoms with Crippen molar-refractivity contribution in [3.05, 3.63) is 53.5 Å². The summed E-state index contributed by atoms with van der Waals surface area (Å²) in [5.74, 6) is -0.174. The summed E-state index contributed by atoms with van der Waals surface area (Å²) in [5.41, 5.74) is 5.86. The molecule has 3 heterocycles. The van der Waals surface area contributed by atoms with Crippen molar-refractivity contribution in [2.45, 2.75) is 32.9 Å². The van der Waals surface area contributed by atoms with Gasteiger partial charge in [-0.05, 0) is 50.2 Å². The fourth-order valence-corrected chi connectivity index (χ4v) is 5.19. The van der Waals surface area contributed by atoms with E-state index in [1.54, 1.807) is 23.5 Å². The molecular formula is C22H23FN4S. The minimum absolute atomic E-state index is 0.174. The molecule has 0 spiro atoms. The zero-order valence-electron chi connectivity index (χ0n) is 16.3. The molecule has 4 aromatic rings. The molecule has 0 radical (unpaired) electrons. The summed E-state index contributed by atoms with van der Waals surface area (Å²) in [6.45, 7) is 5.99. The summed E-state index contributed by atoms with van der Waals surface area (Å²) in [6.07, 6.45) is 0.956. The van der Waals surface area contributed by atoms with Gasteiger partial charge in [0.1, 0.15) is 5.82 Å². The Labute approximate surface area is 167 Å². The van der Waals surface area contributed by atoms with Gasteiger partial charge in [-0.3, -0.25) is 0 Å². The van der Waals surface area contributed by atoms with Crippen LogP contribution in [0.25, 0.3) is 21.1 Å². The molecule has 0 atom stereocenters. The van der Waals surface area contributed by atoms with Crippen LogP contribution in [0.1, 0.15) is 25.1 Å². The minimum atomic E-state index is -0.174. The fourth-order valence-electron chi connectivity index (χ4n) is 4.19. The molecule has 0 aliphatic carbocycles. The van der Waals surface area contributed by atoms with E-state index in [9.17, 15) is 4.39 Å². The smallest absolute Gasteiger partial charge is 0.183 e. The molecule has 6 heteroatoms. The Bertz CT molecular complexity index is 1190. The van der Waals surface area contributed by atoms with Crippen molar-refractivity contribution in [2.24, 2.45) is 7.05 Å². The number of aryl methyl sites for hydroxylation is 1. The number of anilines is 2. The molecule has 2 aromatic heterocycles. The fraction of sp³-hybridized carbons (Fsp3) is 0.318. The van der Waals surface area contributed by atoms with E-state index in [-0.39, 0.29) is 5.82 Å². The van der Waals surface area contributed by atoms with E-state index in [4.69, 9.17) is 4.98 Å². The summed E-state index contributed by atoms with van der Waals surface area (Å²) >= 11 is 1.69. The molecule has 144 valence electrons. The molecule has 28 heavy (non-hydrogen) atoms. The first kappa shape index (κ1) is 17.5. The summed E-state index contributed by atoms with van der Waals surface area (Å²) in [7, 11) is 2.08. The molecule has 1 aliphatic rings. The molecule has 0 saturated carbocycles. The zero-order chi connectivity index (χ0) is 19.4. The van der Waals surface area contributed by atoms with Gasteiger partial charge in [0.05, 0.1) is 10.2 Å². The van der Waals surface area contributed by atoms with Gasteiger partial charge in [-0.2, -0.15) is 0 Å². The van der Waals surface area contributed by atoms with Crippen molar-refractivity contribution in [3.63, 3.8) is 0 Å². The van der Waals surface area contributed by atoms with Gasteiger partial charge in [0.25, 0.3) is 0 Å². The average Bonchev–Trinajstić information content (AvgIpc) is 3.18. The maximum Gasteiger partial charge on any atom is 0.183 e. The van der Waals surface area contributed by atoms with Crippen molar-refractivity contribution in [2.75, 3.05) is 16.8 Å². The van der Waals surface area contributed by atoms with Crippen LogP contribution in [0.3, 0.4) is 0 Å². The predicted octanol–water partition coefficient (Wildman–Crippen LogP) is 5.31. The summed E-state index contributed by atoms with van der Waals surface area (Å²) in [4.78, 5) is 7.12. The van der Waals surface area contributed by atoms with Gasteiger partial charge in [-0.1, -0.05) is 11.3 Å². The second-order valence-electron chi connectivity index (χ2n) is 7.79. The molecule has 5 rings (SSSR count). The average molecular weight is 395 g/mol. The first-order chi connectivity index (χ1) is 13.5. The Hall–Kier alpha value is -2.60. The van der Waals surface area contributed by atoms with E-state index in [1.807, 2.05) is 6.07 Å². The number of benzene rings is 2. The van der Waals surface area contributed by atoms with Gasteiger partial charge in [0, 0.05) is 60.4 Å². The number of nitrogens with one attached hydrogen (secondary N) is 1. The van der Waals surface area contributed by atoms with Crippen molar-refractivity contribution >= 4 is 43.3 Å². The van der Waals surface area contributed by atoms with Gasteiger partial charge in [0.15, 0.2) is 5.13 Å². The van der Waals surface area contributed by atoms with Crippen molar-refractivity contribution < 1.29 is 4.39 Å². The van der Waals surface area contributed by atoms with Crippen LogP contribution in [-0.4, -0.2) is 22.1 Å². The van der Waals surface area contributed by atoms with Gasteiger partial charge >= 0.3 is 0 Å². The van der Waals surface area contributed by atoms with Gasteiger partial charge < -0.3 is 14.8 Å². The molecule has 4 nitrogen and oxygen atoms in total.